The second-order valence-corrected chi connectivity index (χ2v) is 7.10. The topological polar surface area (TPSA) is 58.5 Å². The van der Waals surface area contributed by atoms with Crippen LogP contribution < -0.4 is 5.32 Å². The molecule has 1 aliphatic rings. The van der Waals surface area contributed by atoms with Gasteiger partial charge >= 0.3 is 0 Å². The van der Waals surface area contributed by atoms with Crippen LogP contribution in [-0.4, -0.2) is 14.3 Å². The van der Waals surface area contributed by atoms with E-state index >= 15 is 0 Å². The summed E-state index contributed by atoms with van der Waals surface area (Å²) in [5.74, 6) is -1.58. The fraction of sp³-hybridized carbons (Fsp3) is 0.0625. The minimum absolute atomic E-state index is 0.00884. The van der Waals surface area contributed by atoms with Crippen LogP contribution in [-0.2, 0) is 10.0 Å². The molecule has 0 fully saturated rings. The highest BCUT2D eigenvalue weighted by Gasteiger charge is 2.31. The summed E-state index contributed by atoms with van der Waals surface area (Å²) in [5, 5.41) is 3.07. The van der Waals surface area contributed by atoms with E-state index in [1.165, 1.54) is 6.07 Å². The highest BCUT2D eigenvalue weighted by molar-refractivity contribution is 8.00. The highest BCUT2D eigenvalue weighted by Crippen LogP contribution is 2.33. The normalized spacial score (nSPS) is 16.2. The van der Waals surface area contributed by atoms with E-state index in [0.717, 1.165) is 6.07 Å². The molecular weight excluding hydrogens is 358 g/mol. The van der Waals surface area contributed by atoms with E-state index in [1.807, 2.05) is 0 Å². The summed E-state index contributed by atoms with van der Waals surface area (Å²) in [5.41, 5.74) is 0.695. The number of hydrogen-bond donors (Lipinski definition) is 1. The van der Waals surface area contributed by atoms with Crippen molar-refractivity contribution in [1.82, 2.24) is 0 Å². The van der Waals surface area contributed by atoms with Gasteiger partial charge in [-0.2, -0.15) is 8.42 Å². The van der Waals surface area contributed by atoms with Gasteiger partial charge in [0.2, 0.25) is 0 Å². The lowest BCUT2D eigenvalue weighted by atomic mass is 10.1. The maximum atomic E-state index is 13.8. The molecule has 0 aliphatic carbocycles. The second kappa shape index (κ2) is 5.99. The molecular formula is C16H11ClF2N2O2S. The van der Waals surface area contributed by atoms with Gasteiger partial charge in [0.25, 0.3) is 10.0 Å². The molecule has 24 heavy (non-hydrogen) atoms. The lowest BCUT2D eigenvalue weighted by Crippen LogP contribution is -2.12. The molecule has 0 amide bonds. The summed E-state index contributed by atoms with van der Waals surface area (Å²) in [6, 6.07) is 9.20. The summed E-state index contributed by atoms with van der Waals surface area (Å²) in [7, 11) is -3.93. The van der Waals surface area contributed by atoms with Crippen LogP contribution in [0.1, 0.15) is 12.5 Å². The number of nitrogens with one attached hydrogen (secondary N) is 1. The van der Waals surface area contributed by atoms with Gasteiger partial charge in [-0.25, -0.2) is 8.78 Å². The standard InChI is InChI=1S/C16H11ClF2N2O2S/c1-9-15(10-2-4-11(17)5-3-10)24(22,23)21-16(9)20-14-7-6-12(18)8-13(14)19/h2-8H,1H3,(H,20,21). The predicted octanol–water partition coefficient (Wildman–Crippen LogP) is 4.20. The van der Waals surface area contributed by atoms with E-state index in [1.54, 1.807) is 31.2 Å². The minimum atomic E-state index is -3.93. The van der Waals surface area contributed by atoms with Gasteiger partial charge in [-0.15, -0.1) is 4.40 Å². The van der Waals surface area contributed by atoms with Crippen LogP contribution >= 0.6 is 11.6 Å². The molecule has 8 heteroatoms. The zero-order chi connectivity index (χ0) is 17.5. The lowest BCUT2D eigenvalue weighted by Gasteiger charge is -2.08. The lowest BCUT2D eigenvalue weighted by molar-refractivity contribution is 0.586. The van der Waals surface area contributed by atoms with Gasteiger partial charge in [0.15, 0.2) is 0 Å². The molecule has 0 bridgehead atoms. The molecule has 2 aromatic carbocycles. The maximum absolute atomic E-state index is 13.8. The predicted molar refractivity (Wildman–Crippen MR) is 90.4 cm³/mol. The van der Waals surface area contributed by atoms with E-state index in [0.29, 0.717) is 22.2 Å². The van der Waals surface area contributed by atoms with E-state index in [9.17, 15) is 17.2 Å². The van der Waals surface area contributed by atoms with Gasteiger partial charge in [-0.1, -0.05) is 23.7 Å². The number of hydrogen-bond acceptors (Lipinski definition) is 3. The second-order valence-electron chi connectivity index (χ2n) is 5.13. The Morgan fingerprint density at radius 3 is 2.38 bits per heavy atom. The monoisotopic (exact) mass is 368 g/mol. The van der Waals surface area contributed by atoms with Crippen LogP contribution in [0.5, 0.6) is 0 Å². The van der Waals surface area contributed by atoms with Crippen molar-refractivity contribution in [2.75, 3.05) is 5.32 Å². The molecule has 1 aliphatic heterocycles. The van der Waals surface area contributed by atoms with Gasteiger partial charge in [0.1, 0.15) is 22.4 Å². The van der Waals surface area contributed by atoms with Crippen LogP contribution in [0.15, 0.2) is 52.4 Å². The maximum Gasteiger partial charge on any atom is 0.285 e. The van der Waals surface area contributed by atoms with Crippen molar-refractivity contribution in [3.63, 3.8) is 0 Å². The van der Waals surface area contributed by atoms with E-state index in [4.69, 9.17) is 11.6 Å². The Labute approximate surface area is 142 Å². The molecule has 124 valence electrons. The Balaban J connectivity index is 2.02. The fourth-order valence-electron chi connectivity index (χ4n) is 2.34. The summed E-state index contributed by atoms with van der Waals surface area (Å²) >= 11 is 5.81. The van der Waals surface area contributed by atoms with E-state index in [2.05, 4.69) is 9.71 Å². The fourth-order valence-corrected chi connectivity index (χ4v) is 3.89. The molecule has 0 radical (unpaired) electrons. The van der Waals surface area contributed by atoms with E-state index in [-0.39, 0.29) is 16.4 Å². The molecule has 3 rings (SSSR count). The molecule has 0 aromatic heterocycles. The van der Waals surface area contributed by atoms with Crippen LogP contribution in [0.4, 0.5) is 14.5 Å². The first-order valence-electron chi connectivity index (χ1n) is 6.82. The molecule has 0 spiro atoms. The Morgan fingerprint density at radius 1 is 1.08 bits per heavy atom. The van der Waals surface area contributed by atoms with Gasteiger partial charge in [-0.05, 0) is 36.8 Å². The molecule has 0 saturated heterocycles. The Morgan fingerprint density at radius 2 is 1.75 bits per heavy atom. The van der Waals surface area contributed by atoms with Crippen LogP contribution in [0.2, 0.25) is 5.02 Å². The Hall–Kier alpha value is -2.25. The quantitative estimate of drug-likeness (QED) is 0.864. The zero-order valence-corrected chi connectivity index (χ0v) is 13.9. The molecule has 2 aromatic rings. The molecule has 1 N–H and O–H groups in total. The number of halogens is 3. The van der Waals surface area contributed by atoms with Crippen LogP contribution in [0.25, 0.3) is 4.91 Å². The van der Waals surface area contributed by atoms with E-state index < -0.39 is 21.7 Å². The summed E-state index contributed by atoms with van der Waals surface area (Å²) in [6.45, 7) is 1.56. The highest BCUT2D eigenvalue weighted by atomic mass is 35.5. The first-order chi connectivity index (χ1) is 11.3. The van der Waals surface area contributed by atoms with Crippen molar-refractivity contribution in [3.8, 4) is 0 Å². The molecule has 4 nitrogen and oxygen atoms in total. The summed E-state index contributed by atoms with van der Waals surface area (Å²) < 4.78 is 55.0. The van der Waals surface area contributed by atoms with Crippen molar-refractivity contribution >= 4 is 38.1 Å². The van der Waals surface area contributed by atoms with Crippen molar-refractivity contribution < 1.29 is 17.2 Å². The van der Waals surface area contributed by atoms with Gasteiger partial charge < -0.3 is 5.32 Å². The van der Waals surface area contributed by atoms with Crippen molar-refractivity contribution in [2.45, 2.75) is 6.92 Å². The third kappa shape index (κ3) is 3.05. The number of anilines is 1. The van der Waals surface area contributed by atoms with Gasteiger partial charge in [-0.3, -0.25) is 0 Å². The molecule has 0 unspecified atom stereocenters. The minimum Gasteiger partial charge on any atom is -0.337 e. The van der Waals surface area contributed by atoms with Crippen molar-refractivity contribution in [2.24, 2.45) is 4.40 Å². The molecule has 0 saturated carbocycles. The average molecular weight is 369 g/mol. The molecule has 1 heterocycles. The third-order valence-corrected chi connectivity index (χ3v) is 5.19. The Bertz CT molecular complexity index is 984. The van der Waals surface area contributed by atoms with Crippen molar-refractivity contribution in [1.29, 1.82) is 0 Å². The summed E-state index contributed by atoms with van der Waals surface area (Å²) in [4.78, 5) is 0.0178. The number of amidine groups is 1. The number of sulfonamides is 1. The van der Waals surface area contributed by atoms with Gasteiger partial charge in [0, 0.05) is 16.7 Å². The van der Waals surface area contributed by atoms with Crippen LogP contribution in [0.3, 0.4) is 0 Å². The zero-order valence-electron chi connectivity index (χ0n) is 12.3. The smallest absolute Gasteiger partial charge is 0.285 e. The average Bonchev–Trinajstić information content (AvgIpc) is 2.73. The first-order valence-corrected chi connectivity index (χ1v) is 8.64. The SMILES string of the molecule is CC1=C(c2ccc(Cl)cc2)S(=O)(=O)N=C1Nc1ccc(F)cc1F. The third-order valence-electron chi connectivity index (χ3n) is 3.46. The summed E-state index contributed by atoms with van der Waals surface area (Å²) in [6.07, 6.45) is 0. The number of nitrogens with zero attached hydrogens (tertiary/aromatic N) is 1. The number of benzene rings is 2. The largest absolute Gasteiger partial charge is 0.337 e. The van der Waals surface area contributed by atoms with Crippen LogP contribution in [0, 0.1) is 11.6 Å². The molecule has 0 atom stereocenters. The van der Waals surface area contributed by atoms with Gasteiger partial charge in [0.05, 0.1) is 5.69 Å². The number of rotatable bonds is 2. The first kappa shape index (κ1) is 16.6. The Kier molecular flexibility index (Phi) is 4.15. The van der Waals surface area contributed by atoms with Crippen molar-refractivity contribution in [3.05, 3.63) is 70.3 Å².